The summed E-state index contributed by atoms with van der Waals surface area (Å²) in [6, 6.07) is 3.98. The van der Waals surface area contributed by atoms with E-state index in [0.717, 1.165) is 28.5 Å². The number of aryl methyl sites for hydroxylation is 1. The van der Waals surface area contributed by atoms with Crippen molar-refractivity contribution in [3.63, 3.8) is 0 Å². The van der Waals surface area contributed by atoms with Gasteiger partial charge >= 0.3 is 0 Å². The summed E-state index contributed by atoms with van der Waals surface area (Å²) in [5.41, 5.74) is 3.57. The van der Waals surface area contributed by atoms with Crippen LogP contribution in [0.25, 0.3) is 0 Å². The Hall–Kier alpha value is -1.79. The molecule has 0 N–H and O–H groups in total. The first kappa shape index (κ1) is 15.1. The third-order valence-corrected chi connectivity index (χ3v) is 5.00. The number of aliphatic imine (C=N–C) groups is 2. The van der Waals surface area contributed by atoms with E-state index in [1.807, 2.05) is 31.2 Å². The molecular weight excluding hydrogens is 314 g/mol. The molecule has 0 saturated carbocycles. The highest BCUT2D eigenvalue weighted by Crippen LogP contribution is 2.34. The van der Waals surface area contributed by atoms with Crippen LogP contribution in [-0.2, 0) is 11.3 Å². The Morgan fingerprint density at radius 1 is 1.32 bits per heavy atom. The number of amidine groups is 1. The van der Waals surface area contributed by atoms with Gasteiger partial charge in [-0.15, -0.1) is 11.8 Å². The fourth-order valence-corrected chi connectivity index (χ4v) is 3.73. The van der Waals surface area contributed by atoms with E-state index in [-0.39, 0.29) is 5.25 Å². The third kappa shape index (κ3) is 2.76. The number of rotatable bonds is 4. The first-order valence-corrected chi connectivity index (χ1v) is 8.80. The summed E-state index contributed by atoms with van der Waals surface area (Å²) >= 11 is 2.21. The third-order valence-electron chi connectivity index (χ3n) is 3.39. The van der Waals surface area contributed by atoms with Crippen molar-refractivity contribution in [2.24, 2.45) is 9.98 Å². The van der Waals surface area contributed by atoms with Crippen LogP contribution in [0.1, 0.15) is 23.4 Å². The molecule has 1 atom stereocenters. The van der Waals surface area contributed by atoms with E-state index < -0.39 is 0 Å². The van der Waals surface area contributed by atoms with Crippen LogP contribution >= 0.6 is 11.8 Å². The molecule has 0 aromatic carbocycles. The van der Waals surface area contributed by atoms with Crippen molar-refractivity contribution < 1.29 is 4.21 Å². The standard InChI is InChI=1S/C16H15N3OS2/c1-3-21-15(13-10(2)6-5-9-17-13)16-18-11-7-4-8-12(22-20)14(11)19-16/h4-9,15H,3H2,1-2H3. The number of allylic oxidation sites excluding steroid dienone is 4. The molecular formula is C16H15N3OS2. The highest BCUT2D eigenvalue weighted by Gasteiger charge is 2.29. The van der Waals surface area contributed by atoms with Crippen LogP contribution in [0.2, 0.25) is 0 Å². The maximum atomic E-state index is 11.2. The number of thioether (sulfide) groups is 1. The lowest BCUT2D eigenvalue weighted by Crippen LogP contribution is -2.14. The topological polar surface area (TPSA) is 54.7 Å². The molecule has 6 heteroatoms. The zero-order chi connectivity index (χ0) is 15.5. The molecule has 1 aromatic rings. The second-order valence-electron chi connectivity index (χ2n) is 4.83. The molecule has 0 radical (unpaired) electrons. The van der Waals surface area contributed by atoms with Crippen molar-refractivity contribution in [3.05, 3.63) is 53.5 Å². The van der Waals surface area contributed by atoms with Gasteiger partial charge in [-0.1, -0.05) is 19.1 Å². The monoisotopic (exact) mass is 329 g/mol. The Labute approximate surface area is 137 Å². The summed E-state index contributed by atoms with van der Waals surface area (Å²) < 4.78 is 11.2. The lowest BCUT2D eigenvalue weighted by Gasteiger charge is -2.15. The molecule has 0 amide bonds. The van der Waals surface area contributed by atoms with Gasteiger partial charge in [0.2, 0.25) is 0 Å². The Balaban J connectivity index is 2.03. The molecule has 1 aliphatic heterocycles. The zero-order valence-corrected chi connectivity index (χ0v) is 13.9. The second-order valence-corrected chi connectivity index (χ2v) is 6.82. The van der Waals surface area contributed by atoms with E-state index in [1.165, 1.54) is 0 Å². The Morgan fingerprint density at radius 3 is 2.91 bits per heavy atom. The van der Waals surface area contributed by atoms with Crippen molar-refractivity contribution >= 4 is 39.4 Å². The fourth-order valence-electron chi connectivity index (χ4n) is 2.38. The van der Waals surface area contributed by atoms with E-state index in [0.29, 0.717) is 21.8 Å². The van der Waals surface area contributed by atoms with E-state index in [4.69, 9.17) is 0 Å². The number of aromatic nitrogens is 1. The molecule has 1 aromatic heterocycles. The van der Waals surface area contributed by atoms with Crippen LogP contribution in [0, 0.1) is 6.92 Å². The second kappa shape index (κ2) is 6.54. The van der Waals surface area contributed by atoms with Crippen molar-refractivity contribution in [2.75, 3.05) is 5.75 Å². The first-order chi connectivity index (χ1) is 10.7. The Kier molecular flexibility index (Phi) is 4.49. The van der Waals surface area contributed by atoms with Gasteiger partial charge in [-0.3, -0.25) is 4.98 Å². The molecule has 2 aliphatic rings. The summed E-state index contributed by atoms with van der Waals surface area (Å²) in [5.74, 6) is 1.67. The molecule has 1 aliphatic carbocycles. The summed E-state index contributed by atoms with van der Waals surface area (Å²) in [7, 11) is 0. The number of hydrogen-bond acceptors (Lipinski definition) is 5. The van der Waals surface area contributed by atoms with Gasteiger partial charge in [0.05, 0.1) is 27.5 Å². The van der Waals surface area contributed by atoms with Crippen LogP contribution in [0.15, 0.2) is 52.2 Å². The summed E-state index contributed by atoms with van der Waals surface area (Å²) in [5, 5.41) is -0.0110. The van der Waals surface area contributed by atoms with Crippen LogP contribution in [0.3, 0.4) is 0 Å². The van der Waals surface area contributed by atoms with E-state index >= 15 is 0 Å². The molecule has 1 unspecified atom stereocenters. The quantitative estimate of drug-likeness (QED) is 0.798. The average molecular weight is 329 g/mol. The maximum Gasteiger partial charge on any atom is 0.148 e. The SMILES string of the molecule is CCSC(C1=NC2=CC=CC(=S=O)C2=N1)c1ncccc1C. The number of nitrogens with zero attached hydrogens (tertiary/aromatic N) is 3. The molecule has 4 nitrogen and oxygen atoms in total. The molecule has 0 fully saturated rings. The lowest BCUT2D eigenvalue weighted by molar-refractivity contribution is 0.701. The van der Waals surface area contributed by atoms with E-state index in [1.54, 1.807) is 24.0 Å². The van der Waals surface area contributed by atoms with Crippen LogP contribution < -0.4 is 0 Å². The minimum absolute atomic E-state index is 0.0110. The van der Waals surface area contributed by atoms with Gasteiger partial charge in [0, 0.05) is 6.20 Å². The van der Waals surface area contributed by atoms with E-state index in [9.17, 15) is 4.21 Å². The van der Waals surface area contributed by atoms with Gasteiger partial charge in [-0.05, 0) is 36.5 Å². The minimum atomic E-state index is -0.0110. The van der Waals surface area contributed by atoms with E-state index in [2.05, 4.69) is 21.9 Å². The van der Waals surface area contributed by atoms with Gasteiger partial charge in [-0.25, -0.2) is 14.2 Å². The maximum absolute atomic E-state index is 11.2. The Bertz CT molecular complexity index is 786. The summed E-state index contributed by atoms with van der Waals surface area (Å²) in [6.07, 6.45) is 7.32. The molecule has 112 valence electrons. The summed E-state index contributed by atoms with van der Waals surface area (Å²) in [4.78, 5) is 14.4. The van der Waals surface area contributed by atoms with Crippen molar-refractivity contribution in [1.82, 2.24) is 4.98 Å². The molecule has 22 heavy (non-hydrogen) atoms. The van der Waals surface area contributed by atoms with Crippen LogP contribution in [0.4, 0.5) is 0 Å². The largest absolute Gasteiger partial charge is 0.259 e. The van der Waals surface area contributed by atoms with Crippen molar-refractivity contribution in [2.45, 2.75) is 19.1 Å². The van der Waals surface area contributed by atoms with Gasteiger partial charge in [0.25, 0.3) is 0 Å². The van der Waals surface area contributed by atoms with Gasteiger partial charge in [0.15, 0.2) is 0 Å². The number of hydrogen-bond donors (Lipinski definition) is 0. The minimum Gasteiger partial charge on any atom is -0.259 e. The molecule has 0 bridgehead atoms. The van der Waals surface area contributed by atoms with Crippen LogP contribution in [0.5, 0.6) is 0 Å². The number of pyridine rings is 1. The van der Waals surface area contributed by atoms with Crippen molar-refractivity contribution in [3.8, 4) is 0 Å². The smallest absolute Gasteiger partial charge is 0.148 e. The van der Waals surface area contributed by atoms with Crippen LogP contribution in [-0.4, -0.2) is 31.4 Å². The molecule has 2 heterocycles. The predicted molar refractivity (Wildman–Crippen MR) is 95.1 cm³/mol. The fraction of sp³-hybridized carbons (Fsp3) is 0.250. The molecule has 0 spiro atoms. The first-order valence-electron chi connectivity index (χ1n) is 7.01. The summed E-state index contributed by atoms with van der Waals surface area (Å²) in [6.45, 7) is 4.16. The molecule has 3 rings (SSSR count). The predicted octanol–water partition coefficient (Wildman–Crippen LogP) is 2.88. The zero-order valence-electron chi connectivity index (χ0n) is 12.3. The average Bonchev–Trinajstić information content (AvgIpc) is 2.97. The highest BCUT2D eigenvalue weighted by molar-refractivity contribution is 8.00. The van der Waals surface area contributed by atoms with Crippen molar-refractivity contribution in [1.29, 1.82) is 0 Å². The lowest BCUT2D eigenvalue weighted by atomic mass is 10.1. The Morgan fingerprint density at radius 2 is 2.18 bits per heavy atom. The van der Waals surface area contributed by atoms with Gasteiger partial charge in [-0.2, -0.15) is 0 Å². The van der Waals surface area contributed by atoms with Gasteiger partial charge < -0.3 is 0 Å². The molecule has 0 saturated heterocycles. The normalized spacial score (nSPS) is 17.5. The highest BCUT2D eigenvalue weighted by atomic mass is 32.2. The van der Waals surface area contributed by atoms with Gasteiger partial charge in [0.1, 0.15) is 16.8 Å². The number of fused-ring (bicyclic) bond motifs is 1.